The van der Waals surface area contributed by atoms with Crippen molar-refractivity contribution in [1.29, 1.82) is 0 Å². The molecular formula is C24H18ClNO3. The highest BCUT2D eigenvalue weighted by molar-refractivity contribution is 6.31. The van der Waals surface area contributed by atoms with Crippen molar-refractivity contribution in [1.82, 2.24) is 0 Å². The molecule has 0 radical (unpaired) electrons. The van der Waals surface area contributed by atoms with Gasteiger partial charge in [0.25, 0.3) is 0 Å². The van der Waals surface area contributed by atoms with Crippen LogP contribution in [0.25, 0.3) is 11.0 Å². The zero-order valence-corrected chi connectivity index (χ0v) is 16.4. The lowest BCUT2D eigenvalue weighted by Gasteiger charge is -2.36. The van der Waals surface area contributed by atoms with Gasteiger partial charge in [-0.1, -0.05) is 53.6 Å². The van der Waals surface area contributed by atoms with Gasteiger partial charge in [0.2, 0.25) is 0 Å². The summed E-state index contributed by atoms with van der Waals surface area (Å²) in [4.78, 5) is 12.3. The van der Waals surface area contributed by atoms with E-state index < -0.39 is 11.7 Å². The molecule has 0 aliphatic carbocycles. The number of aryl methyl sites for hydroxylation is 1. The topological polar surface area (TPSA) is 51.5 Å². The van der Waals surface area contributed by atoms with Crippen LogP contribution in [-0.4, -0.2) is 0 Å². The maximum atomic E-state index is 12.3. The Morgan fingerprint density at radius 3 is 2.59 bits per heavy atom. The summed E-state index contributed by atoms with van der Waals surface area (Å²) in [5.74, 6) is 0.731. The summed E-state index contributed by atoms with van der Waals surface area (Å²) in [7, 11) is 0. The van der Waals surface area contributed by atoms with Crippen molar-refractivity contribution in [3.63, 3.8) is 0 Å². The second-order valence-corrected chi connectivity index (χ2v) is 7.61. The average Bonchev–Trinajstić information content (AvgIpc) is 2.73. The highest BCUT2D eigenvalue weighted by Gasteiger charge is 2.34. The first-order chi connectivity index (χ1) is 14.1. The quantitative estimate of drug-likeness (QED) is 0.414. The van der Waals surface area contributed by atoms with Gasteiger partial charge in [0.05, 0.1) is 11.7 Å². The molecular weight excluding hydrogens is 386 g/mol. The van der Waals surface area contributed by atoms with Crippen LogP contribution in [0.1, 0.15) is 28.8 Å². The van der Waals surface area contributed by atoms with Crippen LogP contribution in [0.3, 0.4) is 0 Å². The van der Waals surface area contributed by atoms with Crippen LogP contribution in [0.2, 0.25) is 5.02 Å². The minimum absolute atomic E-state index is 0.274. The van der Waals surface area contributed by atoms with Gasteiger partial charge in [-0.05, 0) is 42.8 Å². The van der Waals surface area contributed by atoms with E-state index in [1.54, 1.807) is 0 Å². The van der Waals surface area contributed by atoms with Crippen LogP contribution < -0.4 is 15.7 Å². The van der Waals surface area contributed by atoms with E-state index >= 15 is 0 Å². The fraction of sp³-hybridized carbons (Fsp3) is 0.125. The van der Waals surface area contributed by atoms with Crippen LogP contribution in [-0.2, 0) is 0 Å². The van der Waals surface area contributed by atoms with Crippen LogP contribution in [0.5, 0.6) is 5.75 Å². The van der Waals surface area contributed by atoms with Crippen LogP contribution in [0, 0.1) is 6.92 Å². The fourth-order valence-electron chi connectivity index (χ4n) is 3.88. The van der Waals surface area contributed by atoms with Gasteiger partial charge in [0, 0.05) is 22.0 Å². The summed E-state index contributed by atoms with van der Waals surface area (Å²) >= 11 is 6.54. The number of hydrogen-bond donors (Lipinski definition) is 1. The molecule has 0 saturated carbocycles. The third kappa shape index (κ3) is 3.15. The first kappa shape index (κ1) is 17.8. The van der Waals surface area contributed by atoms with Gasteiger partial charge in [-0.3, -0.25) is 0 Å². The van der Waals surface area contributed by atoms with Gasteiger partial charge in [0.1, 0.15) is 17.4 Å². The van der Waals surface area contributed by atoms with E-state index in [1.165, 1.54) is 6.07 Å². The van der Waals surface area contributed by atoms with Crippen molar-refractivity contribution < 1.29 is 9.15 Å². The number of anilines is 1. The molecule has 4 aromatic rings. The number of halogens is 1. The molecule has 144 valence electrons. The predicted molar refractivity (Wildman–Crippen MR) is 115 cm³/mol. The van der Waals surface area contributed by atoms with Crippen molar-refractivity contribution >= 4 is 28.3 Å². The van der Waals surface area contributed by atoms with E-state index in [1.807, 2.05) is 73.7 Å². The van der Waals surface area contributed by atoms with Gasteiger partial charge in [-0.2, -0.15) is 0 Å². The normalized spacial score (nSPS) is 18.0. The van der Waals surface area contributed by atoms with E-state index in [4.69, 9.17) is 20.8 Å². The van der Waals surface area contributed by atoms with Gasteiger partial charge in [0.15, 0.2) is 0 Å². The fourth-order valence-corrected chi connectivity index (χ4v) is 4.14. The second kappa shape index (κ2) is 6.98. The van der Waals surface area contributed by atoms with Crippen molar-refractivity contribution in [2.24, 2.45) is 0 Å². The molecule has 0 saturated heterocycles. The number of para-hydroxylation sites is 2. The minimum atomic E-state index is -0.460. The molecule has 0 bridgehead atoms. The molecule has 1 aliphatic heterocycles. The van der Waals surface area contributed by atoms with E-state index in [2.05, 4.69) is 5.32 Å². The maximum absolute atomic E-state index is 12.3. The third-order valence-electron chi connectivity index (χ3n) is 5.23. The Kier molecular flexibility index (Phi) is 4.29. The largest absolute Gasteiger partial charge is 0.481 e. The van der Waals surface area contributed by atoms with Crippen molar-refractivity contribution in [2.45, 2.75) is 19.1 Å². The average molecular weight is 404 g/mol. The molecule has 0 amide bonds. The lowest BCUT2D eigenvalue weighted by atomic mass is 9.91. The Hall–Kier alpha value is -3.24. The molecule has 5 heteroatoms. The summed E-state index contributed by atoms with van der Waals surface area (Å²) in [6.07, 6.45) is -0.460. The van der Waals surface area contributed by atoms with E-state index in [9.17, 15) is 4.79 Å². The number of benzene rings is 3. The van der Waals surface area contributed by atoms with Crippen LogP contribution in [0.15, 0.2) is 82.0 Å². The van der Waals surface area contributed by atoms with Crippen molar-refractivity contribution in [3.8, 4) is 5.75 Å². The monoisotopic (exact) mass is 403 g/mol. The first-order valence-electron chi connectivity index (χ1n) is 9.41. The molecule has 29 heavy (non-hydrogen) atoms. The van der Waals surface area contributed by atoms with E-state index in [0.717, 1.165) is 33.5 Å². The Morgan fingerprint density at radius 2 is 1.72 bits per heavy atom. The number of nitrogens with one attached hydrogen (secondary N) is 1. The highest BCUT2D eigenvalue weighted by atomic mass is 35.5. The molecule has 2 heterocycles. The first-order valence-corrected chi connectivity index (χ1v) is 9.79. The molecule has 0 fully saturated rings. The zero-order valence-electron chi connectivity index (χ0n) is 15.7. The van der Waals surface area contributed by atoms with Crippen molar-refractivity contribution in [3.05, 3.63) is 105 Å². The Labute approximate surface area is 172 Å². The summed E-state index contributed by atoms with van der Waals surface area (Å²) in [5, 5.41) is 5.05. The minimum Gasteiger partial charge on any atom is -0.481 e. The molecule has 1 aliphatic rings. The van der Waals surface area contributed by atoms with Crippen molar-refractivity contribution in [2.75, 3.05) is 5.32 Å². The zero-order chi connectivity index (χ0) is 20.0. The van der Waals surface area contributed by atoms with Gasteiger partial charge in [-0.25, -0.2) is 4.79 Å². The number of hydrogen-bond acceptors (Lipinski definition) is 4. The Morgan fingerprint density at radius 1 is 0.931 bits per heavy atom. The number of rotatable bonds is 2. The molecule has 3 aromatic carbocycles. The van der Waals surface area contributed by atoms with E-state index in [0.29, 0.717) is 10.6 Å². The third-order valence-corrected chi connectivity index (χ3v) is 5.58. The maximum Gasteiger partial charge on any atom is 0.336 e. The standard InChI is InChI=1S/C24H18ClNO3/c1-14-10-11-20-16(12-14)17(13-22(27)28-20)24-23(15-6-2-3-7-18(15)25)26-19-8-4-5-9-21(19)29-24/h2-13,23-24,26H,1H3/t23-,24+/m0/s1. The highest BCUT2D eigenvalue weighted by Crippen LogP contribution is 2.46. The Bertz CT molecular complexity index is 1280. The molecule has 4 nitrogen and oxygen atoms in total. The molecule has 0 unspecified atom stereocenters. The summed E-state index contributed by atoms with van der Waals surface area (Å²) in [6, 6.07) is 22.5. The van der Waals surface area contributed by atoms with Gasteiger partial charge in [-0.15, -0.1) is 0 Å². The molecule has 5 rings (SSSR count). The SMILES string of the molecule is Cc1ccc2oc(=O)cc([C@H]3Oc4ccccc4N[C@H]3c3ccccc3Cl)c2c1. The molecule has 2 atom stereocenters. The van der Waals surface area contributed by atoms with Gasteiger partial charge >= 0.3 is 5.63 Å². The summed E-state index contributed by atoms with van der Waals surface area (Å²) in [6.45, 7) is 2.01. The van der Waals surface area contributed by atoms with E-state index in [-0.39, 0.29) is 6.04 Å². The van der Waals surface area contributed by atoms with Crippen LogP contribution >= 0.6 is 11.6 Å². The summed E-state index contributed by atoms with van der Waals surface area (Å²) in [5.41, 5.74) is 3.77. The second-order valence-electron chi connectivity index (χ2n) is 7.20. The molecule has 0 spiro atoms. The smallest absolute Gasteiger partial charge is 0.336 e. The van der Waals surface area contributed by atoms with Gasteiger partial charge < -0.3 is 14.5 Å². The number of fused-ring (bicyclic) bond motifs is 2. The molecule has 1 N–H and O–H groups in total. The molecule has 1 aromatic heterocycles. The summed E-state index contributed by atoms with van der Waals surface area (Å²) < 4.78 is 11.9. The predicted octanol–water partition coefficient (Wildman–Crippen LogP) is 6.04. The number of ether oxygens (including phenoxy) is 1. The Balaban J connectivity index is 1.75. The van der Waals surface area contributed by atoms with Crippen LogP contribution in [0.4, 0.5) is 5.69 Å². The lowest BCUT2D eigenvalue weighted by Crippen LogP contribution is -2.29. The lowest BCUT2D eigenvalue weighted by molar-refractivity contribution is 0.172.